The molecular formula is C21H29N3O5. The highest BCUT2D eigenvalue weighted by Crippen LogP contribution is 2.09. The molecule has 2 amide bonds. The van der Waals surface area contributed by atoms with Crippen LogP contribution in [-0.4, -0.2) is 37.2 Å². The molecule has 158 valence electrons. The van der Waals surface area contributed by atoms with Crippen molar-refractivity contribution in [2.24, 2.45) is 5.92 Å². The van der Waals surface area contributed by atoms with E-state index in [0.717, 1.165) is 5.56 Å². The molecule has 2 atom stereocenters. The molecule has 29 heavy (non-hydrogen) atoms. The van der Waals surface area contributed by atoms with Crippen molar-refractivity contribution in [1.82, 2.24) is 10.6 Å². The number of rotatable bonds is 11. The molecule has 0 aliphatic carbocycles. The number of alkyl carbamates (subject to hydrolysis) is 1. The number of methoxy groups -OCH3 is 1. The first-order valence-corrected chi connectivity index (χ1v) is 9.59. The Labute approximate surface area is 171 Å². The molecule has 0 aromatic heterocycles. The fourth-order valence-electron chi connectivity index (χ4n) is 2.66. The summed E-state index contributed by atoms with van der Waals surface area (Å²) in [6.07, 6.45) is 0.645. The number of esters is 1. The van der Waals surface area contributed by atoms with Crippen LogP contribution in [0.4, 0.5) is 4.79 Å². The number of hydrogen-bond donors (Lipinski definition) is 2. The molecule has 8 heteroatoms. The minimum Gasteiger partial charge on any atom is -0.467 e. The fourth-order valence-corrected chi connectivity index (χ4v) is 2.66. The Kier molecular flexibility index (Phi) is 10.9. The van der Waals surface area contributed by atoms with Gasteiger partial charge in [-0.05, 0) is 30.7 Å². The summed E-state index contributed by atoms with van der Waals surface area (Å²) < 4.78 is 9.91. The smallest absolute Gasteiger partial charge is 0.408 e. The van der Waals surface area contributed by atoms with Crippen LogP contribution < -0.4 is 10.6 Å². The number of nitrogens with one attached hydrogen (secondary N) is 2. The molecule has 0 unspecified atom stereocenters. The molecule has 0 bridgehead atoms. The number of benzene rings is 1. The minimum atomic E-state index is -0.877. The van der Waals surface area contributed by atoms with Gasteiger partial charge in [-0.15, -0.1) is 0 Å². The molecule has 0 aliphatic heterocycles. The SMILES string of the molecule is COC(=O)[C@@H](CCCC#N)NC(=O)[C@H](CC(C)C)NC(=O)OCc1ccccc1. The van der Waals surface area contributed by atoms with Gasteiger partial charge in [0.1, 0.15) is 18.7 Å². The van der Waals surface area contributed by atoms with E-state index in [0.29, 0.717) is 12.8 Å². The van der Waals surface area contributed by atoms with Gasteiger partial charge < -0.3 is 20.1 Å². The van der Waals surface area contributed by atoms with Crippen LogP contribution in [0.25, 0.3) is 0 Å². The van der Waals surface area contributed by atoms with E-state index in [1.807, 2.05) is 50.2 Å². The van der Waals surface area contributed by atoms with E-state index in [-0.39, 0.29) is 25.4 Å². The largest absolute Gasteiger partial charge is 0.467 e. The lowest BCUT2D eigenvalue weighted by atomic mass is 10.0. The predicted octanol–water partition coefficient (Wildman–Crippen LogP) is 2.68. The predicted molar refractivity (Wildman–Crippen MR) is 106 cm³/mol. The van der Waals surface area contributed by atoms with Crippen molar-refractivity contribution in [3.8, 4) is 6.07 Å². The first-order valence-electron chi connectivity index (χ1n) is 9.59. The number of unbranched alkanes of at least 4 members (excludes halogenated alkanes) is 1. The maximum absolute atomic E-state index is 12.7. The lowest BCUT2D eigenvalue weighted by Gasteiger charge is -2.23. The lowest BCUT2D eigenvalue weighted by molar-refractivity contribution is -0.145. The van der Waals surface area contributed by atoms with Crippen molar-refractivity contribution in [2.45, 2.75) is 58.2 Å². The van der Waals surface area contributed by atoms with E-state index in [2.05, 4.69) is 10.6 Å². The number of ether oxygens (including phenoxy) is 2. The van der Waals surface area contributed by atoms with Gasteiger partial charge in [-0.1, -0.05) is 44.2 Å². The van der Waals surface area contributed by atoms with Crippen LogP contribution >= 0.6 is 0 Å². The van der Waals surface area contributed by atoms with Crippen molar-refractivity contribution in [2.75, 3.05) is 7.11 Å². The summed E-state index contributed by atoms with van der Waals surface area (Å²) in [5.41, 5.74) is 0.829. The van der Waals surface area contributed by atoms with Gasteiger partial charge >= 0.3 is 12.1 Å². The second kappa shape index (κ2) is 13.2. The van der Waals surface area contributed by atoms with Crippen LogP contribution in [0, 0.1) is 17.2 Å². The zero-order valence-electron chi connectivity index (χ0n) is 17.1. The average Bonchev–Trinajstić information content (AvgIpc) is 2.71. The second-order valence-corrected chi connectivity index (χ2v) is 7.02. The molecule has 8 nitrogen and oxygen atoms in total. The summed E-state index contributed by atoms with van der Waals surface area (Å²) in [6, 6.07) is 9.45. The van der Waals surface area contributed by atoms with Crippen LogP contribution in [0.1, 0.15) is 45.1 Å². The monoisotopic (exact) mass is 403 g/mol. The Morgan fingerprint density at radius 2 is 1.79 bits per heavy atom. The van der Waals surface area contributed by atoms with Crippen LogP contribution in [0.5, 0.6) is 0 Å². The molecule has 0 aliphatic rings. The highest BCUT2D eigenvalue weighted by molar-refractivity contribution is 5.89. The number of carbonyl (C=O) groups is 3. The van der Waals surface area contributed by atoms with Crippen LogP contribution in [-0.2, 0) is 25.7 Å². The zero-order valence-corrected chi connectivity index (χ0v) is 17.1. The van der Waals surface area contributed by atoms with Crippen LogP contribution in [0.15, 0.2) is 30.3 Å². The molecule has 2 N–H and O–H groups in total. The fraction of sp³-hybridized carbons (Fsp3) is 0.524. The summed E-state index contributed by atoms with van der Waals surface area (Å²) in [4.78, 5) is 36.8. The highest BCUT2D eigenvalue weighted by atomic mass is 16.5. The maximum Gasteiger partial charge on any atom is 0.408 e. The summed E-state index contributed by atoms with van der Waals surface area (Å²) in [6.45, 7) is 3.92. The van der Waals surface area contributed by atoms with E-state index in [1.165, 1.54) is 7.11 Å². The lowest BCUT2D eigenvalue weighted by Crippen LogP contribution is -2.52. The number of nitrogens with zero attached hydrogens (tertiary/aromatic N) is 1. The molecule has 0 spiro atoms. The Morgan fingerprint density at radius 3 is 2.38 bits per heavy atom. The molecule has 1 rings (SSSR count). The van der Waals surface area contributed by atoms with Crippen molar-refractivity contribution < 1.29 is 23.9 Å². The third kappa shape index (κ3) is 9.60. The summed E-state index contributed by atoms with van der Waals surface area (Å²) in [5.74, 6) is -0.968. The first kappa shape index (κ1) is 24.0. The Hall–Kier alpha value is -3.08. The third-order valence-electron chi connectivity index (χ3n) is 4.11. The van der Waals surface area contributed by atoms with E-state index < -0.39 is 30.1 Å². The molecule has 0 heterocycles. The molecule has 1 aromatic carbocycles. The number of carbonyl (C=O) groups excluding carboxylic acids is 3. The number of amides is 2. The van der Waals surface area contributed by atoms with Crippen molar-refractivity contribution >= 4 is 18.0 Å². The van der Waals surface area contributed by atoms with Crippen molar-refractivity contribution in [3.63, 3.8) is 0 Å². The first-order chi connectivity index (χ1) is 13.9. The van der Waals surface area contributed by atoms with Gasteiger partial charge in [-0.25, -0.2) is 9.59 Å². The number of nitriles is 1. The molecular weight excluding hydrogens is 374 g/mol. The van der Waals surface area contributed by atoms with Gasteiger partial charge in [0.2, 0.25) is 5.91 Å². The van der Waals surface area contributed by atoms with Gasteiger partial charge in [0.15, 0.2) is 0 Å². The number of hydrogen-bond acceptors (Lipinski definition) is 6. The van der Waals surface area contributed by atoms with Crippen molar-refractivity contribution in [3.05, 3.63) is 35.9 Å². The van der Waals surface area contributed by atoms with E-state index in [1.54, 1.807) is 0 Å². The van der Waals surface area contributed by atoms with Gasteiger partial charge in [-0.3, -0.25) is 4.79 Å². The Bertz CT molecular complexity index is 700. The van der Waals surface area contributed by atoms with E-state index in [9.17, 15) is 14.4 Å². The molecule has 0 radical (unpaired) electrons. The molecule has 1 aromatic rings. The quantitative estimate of drug-likeness (QED) is 0.433. The van der Waals surface area contributed by atoms with E-state index in [4.69, 9.17) is 14.7 Å². The van der Waals surface area contributed by atoms with Gasteiger partial charge in [0, 0.05) is 6.42 Å². The standard InChI is InChI=1S/C21H29N3O5/c1-15(2)13-18(24-21(27)29-14-16-9-5-4-6-10-16)19(25)23-17(20(26)28-3)11-7-8-12-22/h4-6,9-10,15,17-18H,7-8,11,13-14H2,1-3H3,(H,23,25)(H,24,27)/t17-,18+/m1/s1. The third-order valence-corrected chi connectivity index (χ3v) is 4.11. The summed E-state index contributed by atoms with van der Waals surface area (Å²) >= 11 is 0. The molecule has 0 saturated carbocycles. The normalized spacial score (nSPS) is 12.4. The highest BCUT2D eigenvalue weighted by Gasteiger charge is 2.28. The molecule has 0 fully saturated rings. The van der Waals surface area contributed by atoms with Crippen LogP contribution in [0.2, 0.25) is 0 Å². The minimum absolute atomic E-state index is 0.0850. The summed E-state index contributed by atoms with van der Waals surface area (Å²) in [7, 11) is 1.23. The topological polar surface area (TPSA) is 118 Å². The second-order valence-electron chi connectivity index (χ2n) is 7.02. The van der Waals surface area contributed by atoms with Gasteiger partial charge in [-0.2, -0.15) is 5.26 Å². The van der Waals surface area contributed by atoms with Crippen molar-refractivity contribution in [1.29, 1.82) is 5.26 Å². The Balaban J connectivity index is 2.70. The summed E-state index contributed by atoms with van der Waals surface area (Å²) in [5, 5.41) is 13.8. The zero-order chi connectivity index (χ0) is 21.6. The Morgan fingerprint density at radius 1 is 1.10 bits per heavy atom. The van der Waals surface area contributed by atoms with Gasteiger partial charge in [0.25, 0.3) is 0 Å². The van der Waals surface area contributed by atoms with Crippen LogP contribution in [0.3, 0.4) is 0 Å². The average molecular weight is 403 g/mol. The maximum atomic E-state index is 12.7. The molecule has 0 saturated heterocycles. The van der Waals surface area contributed by atoms with Gasteiger partial charge in [0.05, 0.1) is 13.2 Å². The van der Waals surface area contributed by atoms with E-state index >= 15 is 0 Å².